The molecule has 0 spiro atoms. The summed E-state index contributed by atoms with van der Waals surface area (Å²) in [6.45, 7) is 2.46. The van der Waals surface area contributed by atoms with Crippen molar-refractivity contribution in [3.05, 3.63) is 60.2 Å². The first-order valence-corrected chi connectivity index (χ1v) is 11.5. The van der Waals surface area contributed by atoms with Gasteiger partial charge in [-0.3, -0.25) is 14.4 Å². The first kappa shape index (κ1) is 26.0. The number of hydrogen-bond acceptors (Lipinski definition) is 7. The Hall–Kier alpha value is -3.59. The molecule has 9 nitrogen and oxygen atoms in total. The molecule has 0 saturated carbocycles. The van der Waals surface area contributed by atoms with E-state index in [1.807, 2.05) is 42.5 Å². The van der Waals surface area contributed by atoms with E-state index in [1.54, 1.807) is 31.1 Å². The van der Waals surface area contributed by atoms with Crippen LogP contribution in [0.1, 0.15) is 18.9 Å². The fourth-order valence-corrected chi connectivity index (χ4v) is 3.78. The van der Waals surface area contributed by atoms with Gasteiger partial charge in [-0.2, -0.15) is 0 Å². The van der Waals surface area contributed by atoms with Crippen LogP contribution in [0.5, 0.6) is 11.5 Å². The largest absolute Gasteiger partial charge is 0.497 e. The zero-order chi connectivity index (χ0) is 25.2. The Labute approximate surface area is 205 Å². The van der Waals surface area contributed by atoms with Crippen LogP contribution in [-0.4, -0.2) is 80.2 Å². The number of amides is 2. The van der Waals surface area contributed by atoms with E-state index in [0.717, 1.165) is 5.56 Å². The third kappa shape index (κ3) is 7.71. The predicted octanol–water partition coefficient (Wildman–Crippen LogP) is 2.28. The Morgan fingerprint density at radius 3 is 2.49 bits per heavy atom. The monoisotopic (exact) mass is 484 g/mol. The molecule has 9 heteroatoms. The first-order chi connectivity index (χ1) is 16.9. The van der Waals surface area contributed by atoms with Crippen LogP contribution >= 0.6 is 0 Å². The van der Waals surface area contributed by atoms with Crippen molar-refractivity contribution in [2.24, 2.45) is 0 Å². The van der Waals surface area contributed by atoms with Gasteiger partial charge >= 0.3 is 5.97 Å². The number of carbonyl (C=O) groups excluding carboxylic acids is 3. The van der Waals surface area contributed by atoms with Gasteiger partial charge in [-0.15, -0.1) is 0 Å². The summed E-state index contributed by atoms with van der Waals surface area (Å²) in [5, 5.41) is 0. The third-order valence-electron chi connectivity index (χ3n) is 5.68. The maximum absolute atomic E-state index is 13.2. The number of para-hydroxylation sites is 1. The summed E-state index contributed by atoms with van der Waals surface area (Å²) in [5.41, 5.74) is 0.902. The number of hydrogen-bond donors (Lipinski definition) is 0. The third-order valence-corrected chi connectivity index (χ3v) is 5.68. The first-order valence-electron chi connectivity index (χ1n) is 11.5. The molecule has 0 bridgehead atoms. The number of nitrogens with zero attached hydrogens (tertiary/aromatic N) is 2. The van der Waals surface area contributed by atoms with E-state index in [1.165, 1.54) is 12.0 Å². The maximum Gasteiger partial charge on any atom is 0.307 e. The van der Waals surface area contributed by atoms with Gasteiger partial charge in [0, 0.05) is 19.6 Å². The lowest BCUT2D eigenvalue weighted by Gasteiger charge is -2.26. The minimum atomic E-state index is -0.786. The van der Waals surface area contributed by atoms with Crippen molar-refractivity contribution in [1.29, 1.82) is 0 Å². The fraction of sp³-hybridized carbons (Fsp3) is 0.423. The summed E-state index contributed by atoms with van der Waals surface area (Å²) in [6, 6.07) is 16.5. The smallest absolute Gasteiger partial charge is 0.307 e. The molecule has 1 aliphatic heterocycles. The molecule has 2 aromatic carbocycles. The van der Waals surface area contributed by atoms with E-state index in [4.69, 9.17) is 18.9 Å². The van der Waals surface area contributed by atoms with Gasteiger partial charge in [0.05, 0.1) is 39.9 Å². The summed E-state index contributed by atoms with van der Waals surface area (Å²) in [6.07, 6.45) is -1.18. The van der Waals surface area contributed by atoms with Crippen molar-refractivity contribution in [2.75, 3.05) is 40.4 Å². The minimum absolute atomic E-state index is 0.0618. The lowest BCUT2D eigenvalue weighted by Crippen LogP contribution is -2.45. The molecule has 188 valence electrons. The van der Waals surface area contributed by atoms with Gasteiger partial charge in [0.1, 0.15) is 11.5 Å². The molecule has 0 radical (unpaired) electrons. The molecular weight excluding hydrogens is 452 g/mol. The normalized spacial score (nSPS) is 16.9. The van der Waals surface area contributed by atoms with Crippen LogP contribution in [0.3, 0.4) is 0 Å². The van der Waals surface area contributed by atoms with Crippen LogP contribution in [0.4, 0.5) is 0 Å². The molecule has 1 fully saturated rings. The number of rotatable bonds is 10. The average Bonchev–Trinajstić information content (AvgIpc) is 3.04. The Kier molecular flexibility index (Phi) is 9.48. The molecular formula is C26H32N2O7. The van der Waals surface area contributed by atoms with Crippen LogP contribution in [0, 0.1) is 0 Å². The van der Waals surface area contributed by atoms with Gasteiger partial charge in [0.15, 0.2) is 6.10 Å². The zero-order valence-corrected chi connectivity index (χ0v) is 20.3. The predicted molar refractivity (Wildman–Crippen MR) is 128 cm³/mol. The van der Waals surface area contributed by atoms with Crippen molar-refractivity contribution < 1.29 is 33.3 Å². The SMILES string of the molecule is COC(=O)CCN1CC(OCc2cccc(OC)c2)CN(C(=O)C(C)Oc2ccccc2)CC1=O. The number of carbonyl (C=O) groups is 3. The second-order valence-corrected chi connectivity index (χ2v) is 8.24. The molecule has 2 aromatic rings. The Morgan fingerprint density at radius 1 is 1.03 bits per heavy atom. The second-order valence-electron chi connectivity index (χ2n) is 8.24. The molecule has 1 heterocycles. The van der Waals surface area contributed by atoms with Crippen LogP contribution in [0.2, 0.25) is 0 Å². The number of ether oxygens (including phenoxy) is 4. The molecule has 1 aliphatic rings. The molecule has 1 saturated heterocycles. The topological polar surface area (TPSA) is 94.6 Å². The molecule has 35 heavy (non-hydrogen) atoms. The minimum Gasteiger partial charge on any atom is -0.497 e. The van der Waals surface area contributed by atoms with E-state index in [-0.39, 0.29) is 51.0 Å². The summed E-state index contributed by atoms with van der Waals surface area (Å²) in [4.78, 5) is 40.8. The van der Waals surface area contributed by atoms with Gasteiger partial charge in [-0.05, 0) is 36.8 Å². The van der Waals surface area contributed by atoms with Gasteiger partial charge in [-0.1, -0.05) is 30.3 Å². The van der Waals surface area contributed by atoms with Crippen molar-refractivity contribution >= 4 is 17.8 Å². The number of esters is 1. The van der Waals surface area contributed by atoms with E-state index in [0.29, 0.717) is 11.5 Å². The quantitative estimate of drug-likeness (QED) is 0.478. The standard InChI is InChI=1S/C26H32N2O7/c1-19(35-21-9-5-4-6-10-21)26(31)28-16-23(34-18-20-8-7-11-22(14-20)32-2)15-27(24(29)17-28)13-12-25(30)33-3/h4-11,14,19,23H,12-13,15-18H2,1-3H3. The highest BCUT2D eigenvalue weighted by molar-refractivity contribution is 5.87. The van der Waals surface area contributed by atoms with Crippen molar-refractivity contribution in [3.8, 4) is 11.5 Å². The van der Waals surface area contributed by atoms with Gasteiger partial charge < -0.3 is 28.7 Å². The van der Waals surface area contributed by atoms with Crippen LogP contribution < -0.4 is 9.47 Å². The molecule has 0 aliphatic carbocycles. The Balaban J connectivity index is 1.72. The highest BCUT2D eigenvalue weighted by Crippen LogP contribution is 2.18. The molecule has 2 atom stereocenters. The fourth-order valence-electron chi connectivity index (χ4n) is 3.78. The molecule has 0 N–H and O–H groups in total. The molecule has 0 aromatic heterocycles. The summed E-state index contributed by atoms with van der Waals surface area (Å²) in [7, 11) is 2.90. The number of benzene rings is 2. The molecule has 2 unspecified atom stereocenters. The van der Waals surface area contributed by atoms with Gasteiger partial charge in [-0.25, -0.2) is 0 Å². The number of methoxy groups -OCH3 is 2. The zero-order valence-electron chi connectivity index (χ0n) is 20.3. The lowest BCUT2D eigenvalue weighted by atomic mass is 10.2. The van der Waals surface area contributed by atoms with E-state index < -0.39 is 18.2 Å². The highest BCUT2D eigenvalue weighted by atomic mass is 16.5. The van der Waals surface area contributed by atoms with Gasteiger partial charge in [0.25, 0.3) is 5.91 Å². The molecule has 2 amide bonds. The Morgan fingerprint density at radius 2 is 1.77 bits per heavy atom. The lowest BCUT2D eigenvalue weighted by molar-refractivity contribution is -0.144. The van der Waals surface area contributed by atoms with Crippen molar-refractivity contribution in [1.82, 2.24) is 9.80 Å². The van der Waals surface area contributed by atoms with E-state index in [9.17, 15) is 14.4 Å². The highest BCUT2D eigenvalue weighted by Gasteiger charge is 2.33. The maximum atomic E-state index is 13.2. The van der Waals surface area contributed by atoms with E-state index in [2.05, 4.69) is 0 Å². The van der Waals surface area contributed by atoms with Crippen LogP contribution in [0.25, 0.3) is 0 Å². The Bertz CT molecular complexity index is 998. The van der Waals surface area contributed by atoms with Crippen LogP contribution in [-0.2, 0) is 30.5 Å². The van der Waals surface area contributed by atoms with Crippen molar-refractivity contribution in [3.63, 3.8) is 0 Å². The second kappa shape index (κ2) is 12.8. The van der Waals surface area contributed by atoms with Crippen molar-refractivity contribution in [2.45, 2.75) is 32.2 Å². The van der Waals surface area contributed by atoms with Crippen LogP contribution in [0.15, 0.2) is 54.6 Å². The summed E-state index contributed by atoms with van der Waals surface area (Å²) in [5.74, 6) is 0.299. The summed E-state index contributed by atoms with van der Waals surface area (Å²) >= 11 is 0. The average molecular weight is 485 g/mol. The van der Waals surface area contributed by atoms with Gasteiger partial charge in [0.2, 0.25) is 5.91 Å². The summed E-state index contributed by atoms with van der Waals surface area (Å²) < 4.78 is 21.9. The molecule has 3 rings (SSSR count). The van der Waals surface area contributed by atoms with E-state index >= 15 is 0 Å².